The van der Waals surface area contributed by atoms with Crippen molar-refractivity contribution in [3.63, 3.8) is 0 Å². The molecule has 0 radical (unpaired) electrons. The Bertz CT molecular complexity index is 373. The number of aromatic nitrogens is 2. The fourth-order valence-electron chi connectivity index (χ4n) is 1.08. The minimum atomic E-state index is -0.793. The van der Waals surface area contributed by atoms with Crippen molar-refractivity contribution in [1.82, 2.24) is 14.9 Å². The van der Waals surface area contributed by atoms with Crippen LogP contribution >= 0.6 is 0 Å². The van der Waals surface area contributed by atoms with E-state index in [1.807, 2.05) is 19.0 Å². The highest BCUT2D eigenvalue weighted by atomic mass is 19.1. The Kier molecular flexibility index (Phi) is 3.35. The number of rotatable bonds is 3. The zero-order valence-corrected chi connectivity index (χ0v) is 8.59. The van der Waals surface area contributed by atoms with Crippen LogP contribution in [0.1, 0.15) is 11.5 Å². The second-order valence-electron chi connectivity index (χ2n) is 3.47. The molecular formula is C9H14FN3O. The molecule has 0 aliphatic rings. The second kappa shape index (κ2) is 4.32. The maximum atomic E-state index is 12.9. The molecular weight excluding hydrogens is 185 g/mol. The highest BCUT2D eigenvalue weighted by Gasteiger charge is 2.06. The molecule has 0 saturated carbocycles. The normalized spacial score (nSPS) is 10.9. The van der Waals surface area contributed by atoms with Gasteiger partial charge in [0.1, 0.15) is 5.82 Å². The number of nitrogens with one attached hydrogen (secondary N) is 1. The third kappa shape index (κ3) is 2.63. The standard InChI is InChI=1S/C9H14FN3O/c1-6-8(10)9(14)12-7(11-6)4-5-13(2)3/h4-5H2,1-3H3,(H,11,12,14). The Labute approximate surface area is 81.8 Å². The lowest BCUT2D eigenvalue weighted by Gasteiger charge is -2.08. The van der Waals surface area contributed by atoms with E-state index in [9.17, 15) is 9.18 Å². The van der Waals surface area contributed by atoms with Gasteiger partial charge in [0.25, 0.3) is 5.56 Å². The number of aryl methyl sites for hydroxylation is 1. The van der Waals surface area contributed by atoms with Crippen molar-refractivity contribution in [3.05, 3.63) is 27.7 Å². The van der Waals surface area contributed by atoms with Crippen molar-refractivity contribution in [2.24, 2.45) is 0 Å². The lowest BCUT2D eigenvalue weighted by Crippen LogP contribution is -2.21. The molecule has 1 N–H and O–H groups in total. The smallest absolute Gasteiger partial charge is 0.287 e. The Hall–Kier alpha value is -1.23. The van der Waals surface area contributed by atoms with E-state index in [1.54, 1.807) is 0 Å². The van der Waals surface area contributed by atoms with Crippen LogP contribution in [0.2, 0.25) is 0 Å². The van der Waals surface area contributed by atoms with Crippen LogP contribution < -0.4 is 5.56 Å². The number of nitrogens with zero attached hydrogens (tertiary/aromatic N) is 2. The minimum absolute atomic E-state index is 0.155. The number of aromatic amines is 1. The molecule has 4 nitrogen and oxygen atoms in total. The summed E-state index contributed by atoms with van der Waals surface area (Å²) < 4.78 is 12.9. The average Bonchev–Trinajstić information content (AvgIpc) is 2.10. The number of likely N-dealkylation sites (N-methyl/N-ethyl adjacent to an activating group) is 1. The zero-order chi connectivity index (χ0) is 10.7. The van der Waals surface area contributed by atoms with Crippen molar-refractivity contribution in [2.75, 3.05) is 20.6 Å². The van der Waals surface area contributed by atoms with E-state index < -0.39 is 11.4 Å². The fourth-order valence-corrected chi connectivity index (χ4v) is 1.08. The predicted octanol–water partition coefficient (Wildman–Crippen LogP) is 0.322. The first-order valence-electron chi connectivity index (χ1n) is 4.40. The van der Waals surface area contributed by atoms with E-state index in [-0.39, 0.29) is 5.69 Å². The maximum Gasteiger partial charge on any atom is 0.287 e. The van der Waals surface area contributed by atoms with Gasteiger partial charge in [0, 0.05) is 13.0 Å². The van der Waals surface area contributed by atoms with Crippen LogP contribution in [0.3, 0.4) is 0 Å². The lowest BCUT2D eigenvalue weighted by atomic mass is 10.3. The van der Waals surface area contributed by atoms with Crippen molar-refractivity contribution in [3.8, 4) is 0 Å². The highest BCUT2D eigenvalue weighted by molar-refractivity contribution is 5.03. The third-order valence-electron chi connectivity index (χ3n) is 1.87. The van der Waals surface area contributed by atoms with E-state index in [1.165, 1.54) is 6.92 Å². The molecule has 1 heterocycles. The van der Waals surface area contributed by atoms with Crippen molar-refractivity contribution in [1.29, 1.82) is 0 Å². The van der Waals surface area contributed by atoms with Gasteiger partial charge in [0.05, 0.1) is 5.69 Å². The molecule has 1 aromatic heterocycles. The summed E-state index contributed by atoms with van der Waals surface area (Å²) in [4.78, 5) is 19.3. The van der Waals surface area contributed by atoms with E-state index in [0.29, 0.717) is 12.2 Å². The molecule has 0 spiro atoms. The van der Waals surface area contributed by atoms with Crippen molar-refractivity contribution in [2.45, 2.75) is 13.3 Å². The van der Waals surface area contributed by atoms with Gasteiger partial charge in [-0.15, -0.1) is 0 Å². The molecule has 1 rings (SSSR count). The van der Waals surface area contributed by atoms with Gasteiger partial charge in [-0.25, -0.2) is 4.98 Å². The van der Waals surface area contributed by atoms with Gasteiger partial charge < -0.3 is 9.88 Å². The van der Waals surface area contributed by atoms with Gasteiger partial charge in [-0.05, 0) is 21.0 Å². The third-order valence-corrected chi connectivity index (χ3v) is 1.87. The van der Waals surface area contributed by atoms with Crippen LogP contribution in [0.25, 0.3) is 0 Å². The van der Waals surface area contributed by atoms with Gasteiger partial charge in [0.15, 0.2) is 0 Å². The van der Waals surface area contributed by atoms with Gasteiger partial charge in [-0.2, -0.15) is 4.39 Å². The summed E-state index contributed by atoms with van der Waals surface area (Å²) in [6, 6.07) is 0. The number of hydrogen-bond donors (Lipinski definition) is 1. The SMILES string of the molecule is Cc1nc(CCN(C)C)[nH]c(=O)c1F. The molecule has 0 aliphatic heterocycles. The molecule has 1 aromatic rings. The lowest BCUT2D eigenvalue weighted by molar-refractivity contribution is 0.408. The summed E-state index contributed by atoms with van der Waals surface area (Å²) >= 11 is 0. The molecule has 0 fully saturated rings. The van der Waals surface area contributed by atoms with Crippen LogP contribution in [0.15, 0.2) is 4.79 Å². The molecule has 0 bridgehead atoms. The topological polar surface area (TPSA) is 49.0 Å². The van der Waals surface area contributed by atoms with Crippen LogP contribution in [-0.2, 0) is 6.42 Å². The van der Waals surface area contributed by atoms with E-state index in [0.717, 1.165) is 6.54 Å². The molecule has 0 unspecified atom stereocenters. The van der Waals surface area contributed by atoms with Crippen LogP contribution in [0, 0.1) is 12.7 Å². The quantitative estimate of drug-likeness (QED) is 0.762. The molecule has 0 saturated heterocycles. The molecule has 0 atom stereocenters. The molecule has 0 aliphatic carbocycles. The number of hydrogen-bond acceptors (Lipinski definition) is 3. The van der Waals surface area contributed by atoms with Crippen molar-refractivity contribution < 1.29 is 4.39 Å². The first-order valence-corrected chi connectivity index (χ1v) is 4.40. The van der Waals surface area contributed by atoms with Gasteiger partial charge in [0.2, 0.25) is 5.82 Å². The van der Waals surface area contributed by atoms with Crippen LogP contribution in [0.5, 0.6) is 0 Å². The minimum Gasteiger partial charge on any atom is -0.309 e. The summed E-state index contributed by atoms with van der Waals surface area (Å²) in [5.41, 5.74) is -0.534. The van der Waals surface area contributed by atoms with Crippen molar-refractivity contribution >= 4 is 0 Å². The molecule has 5 heteroatoms. The predicted molar refractivity (Wildman–Crippen MR) is 51.8 cm³/mol. The number of halogens is 1. The van der Waals surface area contributed by atoms with Crippen LogP contribution in [0.4, 0.5) is 4.39 Å². The largest absolute Gasteiger partial charge is 0.309 e. The van der Waals surface area contributed by atoms with E-state index >= 15 is 0 Å². The summed E-state index contributed by atoms with van der Waals surface area (Å²) in [6.07, 6.45) is 0.614. The van der Waals surface area contributed by atoms with E-state index in [4.69, 9.17) is 0 Å². The number of H-pyrrole nitrogens is 1. The first-order chi connectivity index (χ1) is 6.50. The van der Waals surface area contributed by atoms with Gasteiger partial charge >= 0.3 is 0 Å². The summed E-state index contributed by atoms with van der Waals surface area (Å²) in [7, 11) is 3.85. The molecule has 0 aromatic carbocycles. The Morgan fingerprint density at radius 3 is 2.64 bits per heavy atom. The summed E-state index contributed by atoms with van der Waals surface area (Å²) in [6.45, 7) is 2.26. The molecule has 14 heavy (non-hydrogen) atoms. The summed E-state index contributed by atoms with van der Waals surface area (Å²) in [5, 5.41) is 0. The Morgan fingerprint density at radius 1 is 1.50 bits per heavy atom. The highest BCUT2D eigenvalue weighted by Crippen LogP contribution is 1.97. The second-order valence-corrected chi connectivity index (χ2v) is 3.47. The molecule has 78 valence electrons. The van der Waals surface area contributed by atoms with Crippen LogP contribution in [-0.4, -0.2) is 35.5 Å². The fraction of sp³-hybridized carbons (Fsp3) is 0.556. The van der Waals surface area contributed by atoms with E-state index in [2.05, 4.69) is 9.97 Å². The average molecular weight is 199 g/mol. The summed E-state index contributed by atoms with van der Waals surface area (Å²) in [5.74, 6) is -0.263. The van der Waals surface area contributed by atoms with Gasteiger partial charge in [-0.3, -0.25) is 4.79 Å². The first kappa shape index (κ1) is 10.8. The Balaban J connectivity index is 2.85. The zero-order valence-electron chi connectivity index (χ0n) is 8.59. The maximum absolute atomic E-state index is 12.9. The Morgan fingerprint density at radius 2 is 2.14 bits per heavy atom. The molecule has 0 amide bonds. The van der Waals surface area contributed by atoms with Gasteiger partial charge in [-0.1, -0.05) is 0 Å². The monoisotopic (exact) mass is 199 g/mol.